The molecular weight excluding hydrogens is 240 g/mol. The zero-order valence-electron chi connectivity index (χ0n) is 12.0. The number of hydrogen-bond donors (Lipinski definition) is 1. The lowest BCUT2D eigenvalue weighted by Gasteiger charge is -2.39. The normalized spacial score (nSPS) is 24.9. The Balaban J connectivity index is 1.83. The fourth-order valence-corrected chi connectivity index (χ4v) is 4.57. The van der Waals surface area contributed by atoms with Crippen molar-refractivity contribution < 1.29 is 0 Å². The third-order valence-corrected chi connectivity index (χ3v) is 5.51. The Morgan fingerprint density at radius 1 is 1.28 bits per heavy atom. The van der Waals surface area contributed by atoms with Gasteiger partial charge in [-0.05, 0) is 31.1 Å². The molecule has 0 saturated heterocycles. The van der Waals surface area contributed by atoms with Gasteiger partial charge in [-0.25, -0.2) is 4.98 Å². The summed E-state index contributed by atoms with van der Waals surface area (Å²) in [5.74, 6) is 0. The molecule has 1 N–H and O–H groups in total. The summed E-state index contributed by atoms with van der Waals surface area (Å²) < 4.78 is 0. The average Bonchev–Trinajstić information content (AvgIpc) is 2.94. The van der Waals surface area contributed by atoms with Crippen LogP contribution in [0.3, 0.4) is 0 Å². The number of nitrogens with one attached hydrogen (secondary N) is 1. The molecule has 1 aromatic rings. The van der Waals surface area contributed by atoms with Gasteiger partial charge in [0.1, 0.15) is 5.01 Å². The maximum Gasteiger partial charge on any atom is 0.107 e. The van der Waals surface area contributed by atoms with Crippen molar-refractivity contribution in [2.75, 3.05) is 0 Å². The molecule has 1 saturated carbocycles. The van der Waals surface area contributed by atoms with Crippen LogP contribution in [0, 0.1) is 5.41 Å². The molecule has 100 valence electrons. The van der Waals surface area contributed by atoms with E-state index in [2.05, 4.69) is 33.0 Å². The van der Waals surface area contributed by atoms with E-state index in [1.807, 2.05) is 11.3 Å². The van der Waals surface area contributed by atoms with Crippen LogP contribution in [0.2, 0.25) is 0 Å². The highest BCUT2D eigenvalue weighted by atomic mass is 32.1. The number of rotatable bonds is 3. The number of nitrogens with zero attached hydrogens (tertiary/aromatic N) is 1. The molecule has 2 nitrogen and oxygen atoms in total. The topological polar surface area (TPSA) is 24.9 Å². The molecule has 1 aromatic heterocycles. The molecule has 18 heavy (non-hydrogen) atoms. The van der Waals surface area contributed by atoms with Crippen LogP contribution in [0.1, 0.15) is 62.5 Å². The van der Waals surface area contributed by atoms with Crippen molar-refractivity contribution in [3.8, 4) is 0 Å². The fourth-order valence-electron chi connectivity index (χ4n) is 3.44. The highest BCUT2D eigenvalue weighted by Gasteiger charge is 2.39. The van der Waals surface area contributed by atoms with Crippen LogP contribution in [0.5, 0.6) is 0 Å². The van der Waals surface area contributed by atoms with Gasteiger partial charge in [0.05, 0.1) is 5.69 Å². The van der Waals surface area contributed by atoms with E-state index < -0.39 is 0 Å². The van der Waals surface area contributed by atoms with Crippen molar-refractivity contribution in [3.05, 3.63) is 15.6 Å². The van der Waals surface area contributed by atoms with Crippen LogP contribution in [0.4, 0.5) is 0 Å². The molecule has 0 bridgehead atoms. The van der Waals surface area contributed by atoms with E-state index in [9.17, 15) is 0 Å². The van der Waals surface area contributed by atoms with Crippen molar-refractivity contribution in [3.63, 3.8) is 0 Å². The average molecular weight is 264 g/mol. The van der Waals surface area contributed by atoms with Crippen LogP contribution in [0.25, 0.3) is 0 Å². The summed E-state index contributed by atoms with van der Waals surface area (Å²) in [6.45, 7) is 10.5. The molecule has 3 rings (SSSR count). The van der Waals surface area contributed by atoms with Gasteiger partial charge in [-0.15, -0.1) is 11.3 Å². The summed E-state index contributed by atoms with van der Waals surface area (Å²) in [5.41, 5.74) is 2.06. The van der Waals surface area contributed by atoms with Gasteiger partial charge >= 0.3 is 0 Å². The summed E-state index contributed by atoms with van der Waals surface area (Å²) >= 11 is 1.94. The highest BCUT2D eigenvalue weighted by molar-refractivity contribution is 7.11. The van der Waals surface area contributed by atoms with Gasteiger partial charge in [-0.1, -0.05) is 27.7 Å². The van der Waals surface area contributed by atoms with E-state index in [1.165, 1.54) is 34.8 Å². The second-order valence-corrected chi connectivity index (χ2v) is 8.52. The summed E-state index contributed by atoms with van der Waals surface area (Å²) in [5, 5.41) is 4.87. The number of hydrogen-bond acceptors (Lipinski definition) is 3. The molecule has 0 aromatic carbocycles. The quantitative estimate of drug-likeness (QED) is 0.901. The number of fused-ring (bicyclic) bond motifs is 1. The fraction of sp³-hybridized carbons (Fsp3) is 0.800. The van der Waals surface area contributed by atoms with Crippen molar-refractivity contribution in [1.82, 2.24) is 10.3 Å². The molecule has 0 atom stereocenters. The molecule has 0 aliphatic heterocycles. The van der Waals surface area contributed by atoms with Gasteiger partial charge in [0, 0.05) is 22.9 Å². The molecule has 3 heteroatoms. The van der Waals surface area contributed by atoms with Gasteiger partial charge < -0.3 is 5.32 Å². The Hall–Kier alpha value is -0.410. The van der Waals surface area contributed by atoms with Crippen LogP contribution in [0.15, 0.2) is 0 Å². The summed E-state index contributed by atoms with van der Waals surface area (Å²) in [6, 6.07) is 0.773. The van der Waals surface area contributed by atoms with E-state index in [-0.39, 0.29) is 0 Å². The molecule has 2 aliphatic rings. The Labute approximate surface area is 114 Å². The van der Waals surface area contributed by atoms with Crippen molar-refractivity contribution in [2.24, 2.45) is 5.41 Å². The Bertz CT molecular complexity index is 455. The smallest absolute Gasteiger partial charge is 0.107 e. The minimum absolute atomic E-state index is 0.298. The molecule has 0 amide bonds. The van der Waals surface area contributed by atoms with Crippen LogP contribution >= 0.6 is 11.3 Å². The Morgan fingerprint density at radius 2 is 2.00 bits per heavy atom. The molecule has 1 fully saturated rings. The zero-order valence-corrected chi connectivity index (χ0v) is 12.8. The van der Waals surface area contributed by atoms with Crippen LogP contribution in [-0.2, 0) is 18.4 Å². The first-order valence-electron chi connectivity index (χ1n) is 7.08. The molecular formula is C15H24N2S. The van der Waals surface area contributed by atoms with Crippen LogP contribution in [-0.4, -0.2) is 11.0 Å². The Morgan fingerprint density at radius 3 is 2.67 bits per heavy atom. The monoisotopic (exact) mass is 264 g/mol. The Kier molecular flexibility index (Phi) is 2.83. The lowest BCUT2D eigenvalue weighted by molar-refractivity contribution is 0.232. The van der Waals surface area contributed by atoms with Gasteiger partial charge in [-0.2, -0.15) is 0 Å². The standard InChI is InChI=1S/C15H24N2S/c1-14(2)7-11-13(15(3,4)9-14)18-12(17-11)8-16-10-5-6-10/h10,16H,5-9H2,1-4H3. The van der Waals surface area contributed by atoms with Crippen molar-refractivity contribution in [2.45, 2.75) is 71.4 Å². The van der Waals surface area contributed by atoms with E-state index in [4.69, 9.17) is 4.98 Å². The molecule has 0 unspecified atom stereocenters. The first-order valence-corrected chi connectivity index (χ1v) is 7.90. The van der Waals surface area contributed by atoms with Crippen molar-refractivity contribution in [1.29, 1.82) is 0 Å². The molecule has 2 aliphatic carbocycles. The maximum absolute atomic E-state index is 4.90. The third kappa shape index (κ3) is 2.48. The third-order valence-electron chi connectivity index (χ3n) is 4.04. The zero-order chi connectivity index (χ0) is 13.0. The summed E-state index contributed by atoms with van der Waals surface area (Å²) in [6.07, 6.45) is 5.11. The predicted molar refractivity (Wildman–Crippen MR) is 77.1 cm³/mol. The largest absolute Gasteiger partial charge is 0.308 e. The van der Waals surface area contributed by atoms with Crippen molar-refractivity contribution >= 4 is 11.3 Å². The van der Waals surface area contributed by atoms with E-state index in [0.29, 0.717) is 10.8 Å². The number of thiazole rings is 1. The van der Waals surface area contributed by atoms with Crippen LogP contribution < -0.4 is 5.32 Å². The lowest BCUT2D eigenvalue weighted by atomic mass is 9.67. The minimum Gasteiger partial charge on any atom is -0.308 e. The highest BCUT2D eigenvalue weighted by Crippen LogP contribution is 2.47. The van der Waals surface area contributed by atoms with Gasteiger partial charge in [-0.3, -0.25) is 0 Å². The molecule has 1 heterocycles. The second-order valence-electron chi connectivity index (χ2n) is 7.44. The van der Waals surface area contributed by atoms with E-state index in [1.54, 1.807) is 0 Å². The van der Waals surface area contributed by atoms with E-state index in [0.717, 1.165) is 19.0 Å². The number of aromatic nitrogens is 1. The maximum atomic E-state index is 4.90. The SMILES string of the molecule is CC1(C)Cc2nc(CNC3CC3)sc2C(C)(C)C1. The molecule has 0 spiro atoms. The first-order chi connectivity index (χ1) is 8.36. The first kappa shape index (κ1) is 12.6. The van der Waals surface area contributed by atoms with Gasteiger partial charge in [0.2, 0.25) is 0 Å². The summed E-state index contributed by atoms with van der Waals surface area (Å²) in [4.78, 5) is 6.43. The minimum atomic E-state index is 0.298. The second kappa shape index (κ2) is 4.04. The van der Waals surface area contributed by atoms with Gasteiger partial charge in [0.15, 0.2) is 0 Å². The summed E-state index contributed by atoms with van der Waals surface area (Å²) in [7, 11) is 0. The molecule has 0 radical (unpaired) electrons. The van der Waals surface area contributed by atoms with E-state index >= 15 is 0 Å². The predicted octanol–water partition coefficient (Wildman–Crippen LogP) is 3.65. The van der Waals surface area contributed by atoms with Gasteiger partial charge in [0.25, 0.3) is 0 Å². The lowest BCUT2D eigenvalue weighted by Crippen LogP contribution is -2.33.